The lowest BCUT2D eigenvalue weighted by Crippen LogP contribution is -2.39. The second-order valence-corrected chi connectivity index (χ2v) is 11.4. The predicted octanol–water partition coefficient (Wildman–Crippen LogP) is 6.54. The molecule has 5 rings (SSSR count). The Labute approximate surface area is 254 Å². The van der Waals surface area contributed by atoms with E-state index in [4.69, 9.17) is 18.9 Å². The molecule has 2 aliphatic heterocycles. The summed E-state index contributed by atoms with van der Waals surface area (Å²) in [7, 11) is 0. The summed E-state index contributed by atoms with van der Waals surface area (Å²) in [5.74, 6) is 2.06. The smallest absolute Gasteiger partial charge is 0.410 e. The molecule has 0 bridgehead atoms. The summed E-state index contributed by atoms with van der Waals surface area (Å²) in [6, 6.07) is 20.0. The fourth-order valence-corrected chi connectivity index (χ4v) is 5.87. The van der Waals surface area contributed by atoms with E-state index in [1.54, 1.807) is 11.0 Å². The topological polar surface area (TPSA) is 77.5 Å². The van der Waals surface area contributed by atoms with Crippen LogP contribution < -0.4 is 14.2 Å². The van der Waals surface area contributed by atoms with Gasteiger partial charge in [-0.25, -0.2) is 4.79 Å². The Balaban J connectivity index is 1.33. The number of ether oxygens (including phenoxy) is 4. The number of benzene rings is 3. The largest absolute Gasteiger partial charge is 0.489 e. The third-order valence-corrected chi connectivity index (χ3v) is 8.36. The molecule has 0 spiro atoms. The van der Waals surface area contributed by atoms with Gasteiger partial charge in [-0.3, -0.25) is 0 Å². The Morgan fingerprint density at radius 3 is 2.44 bits per heavy atom. The molecule has 0 aliphatic carbocycles. The first-order valence-electron chi connectivity index (χ1n) is 13.7. The van der Waals surface area contributed by atoms with Crippen molar-refractivity contribution in [2.24, 2.45) is 0 Å². The van der Waals surface area contributed by atoms with Gasteiger partial charge in [0.1, 0.15) is 31.7 Å². The quantitative estimate of drug-likeness (QED) is 0.185. The number of aliphatic hydroxyl groups excluding tert-OH is 1. The monoisotopic (exact) mass is 667 g/mol. The highest BCUT2D eigenvalue weighted by molar-refractivity contribution is 14.1. The molecule has 1 amide bonds. The van der Waals surface area contributed by atoms with E-state index in [2.05, 4.69) is 60.0 Å². The summed E-state index contributed by atoms with van der Waals surface area (Å²) < 4.78 is 25.2. The molecule has 0 unspecified atom stereocenters. The van der Waals surface area contributed by atoms with Crippen molar-refractivity contribution in [1.29, 1.82) is 0 Å². The molecule has 1 N–H and O–H groups in total. The van der Waals surface area contributed by atoms with Gasteiger partial charge in [0.2, 0.25) is 0 Å². The van der Waals surface area contributed by atoms with Crippen LogP contribution >= 0.6 is 22.6 Å². The molecule has 2 heterocycles. The van der Waals surface area contributed by atoms with E-state index in [0.29, 0.717) is 50.6 Å². The predicted molar refractivity (Wildman–Crippen MR) is 165 cm³/mol. The summed E-state index contributed by atoms with van der Waals surface area (Å²) >= 11 is 2.29. The number of nitrogens with zero attached hydrogens (tertiary/aromatic N) is 1. The zero-order valence-electron chi connectivity index (χ0n) is 22.9. The number of aliphatic hydroxyl groups is 1. The molecular weight excluding hydrogens is 633 g/mol. The maximum Gasteiger partial charge on any atom is 0.410 e. The molecule has 8 heteroatoms. The molecule has 0 fully saturated rings. The summed E-state index contributed by atoms with van der Waals surface area (Å²) in [5, 5.41) is 9.83. The summed E-state index contributed by atoms with van der Waals surface area (Å²) in [4.78, 5) is 14.4. The van der Waals surface area contributed by atoms with Gasteiger partial charge in [-0.1, -0.05) is 49.1 Å². The fourth-order valence-electron chi connectivity index (χ4n) is 5.51. The van der Waals surface area contributed by atoms with Crippen LogP contribution in [-0.2, 0) is 29.9 Å². The van der Waals surface area contributed by atoms with Crippen LogP contribution in [0.2, 0.25) is 0 Å². The van der Waals surface area contributed by atoms with E-state index in [9.17, 15) is 9.90 Å². The highest BCUT2D eigenvalue weighted by atomic mass is 127. The minimum Gasteiger partial charge on any atom is -0.489 e. The summed E-state index contributed by atoms with van der Waals surface area (Å²) in [6.45, 7) is 9.62. The third kappa shape index (κ3) is 6.23. The van der Waals surface area contributed by atoms with Crippen LogP contribution in [-0.4, -0.2) is 42.0 Å². The van der Waals surface area contributed by atoms with Gasteiger partial charge in [-0.05, 0) is 76.0 Å². The van der Waals surface area contributed by atoms with Crippen LogP contribution in [0.25, 0.3) is 0 Å². The Morgan fingerprint density at radius 2 is 1.76 bits per heavy atom. The Kier molecular flexibility index (Phi) is 9.19. The van der Waals surface area contributed by atoms with Crippen molar-refractivity contribution in [3.8, 4) is 17.2 Å². The minimum atomic E-state index is -0.559. The van der Waals surface area contributed by atoms with E-state index in [0.717, 1.165) is 28.0 Å². The second kappa shape index (κ2) is 13.0. The first-order valence-corrected chi connectivity index (χ1v) is 14.7. The van der Waals surface area contributed by atoms with Crippen LogP contribution in [0, 0.1) is 3.57 Å². The maximum absolute atomic E-state index is 12.7. The zero-order chi connectivity index (χ0) is 28.8. The van der Waals surface area contributed by atoms with Crippen molar-refractivity contribution in [2.45, 2.75) is 44.1 Å². The van der Waals surface area contributed by atoms with Crippen LogP contribution in [0.1, 0.15) is 35.1 Å². The first-order chi connectivity index (χ1) is 20.0. The first kappa shape index (κ1) is 29.0. The Bertz CT molecular complexity index is 1390. The number of hydrogen-bond acceptors (Lipinski definition) is 6. The van der Waals surface area contributed by atoms with Crippen molar-refractivity contribution in [1.82, 2.24) is 4.90 Å². The van der Waals surface area contributed by atoms with E-state index >= 15 is 0 Å². The summed E-state index contributed by atoms with van der Waals surface area (Å²) in [6.07, 6.45) is 3.78. The van der Waals surface area contributed by atoms with Gasteiger partial charge in [-0.15, -0.1) is 6.58 Å². The SMILES string of the molecule is C=CCOC(=O)N1CC[C@]2(C=C)c3c(ccc(OCc4ccc(OCc5ccc(I)cc5)cc4)c3O[C@H]2CCO)C1. The minimum absolute atomic E-state index is 0.0249. The van der Waals surface area contributed by atoms with Gasteiger partial charge in [0.15, 0.2) is 11.5 Å². The van der Waals surface area contributed by atoms with Gasteiger partial charge in [0.25, 0.3) is 0 Å². The molecular formula is C33H34INO6. The lowest BCUT2D eigenvalue weighted by atomic mass is 9.72. The number of rotatable bonds is 11. The van der Waals surface area contributed by atoms with Crippen molar-refractivity contribution in [2.75, 3.05) is 19.8 Å². The number of halogens is 1. The van der Waals surface area contributed by atoms with Gasteiger partial charge < -0.3 is 29.0 Å². The molecule has 41 heavy (non-hydrogen) atoms. The van der Waals surface area contributed by atoms with Crippen LogP contribution in [0.5, 0.6) is 17.2 Å². The van der Waals surface area contributed by atoms with Gasteiger partial charge in [0.05, 0.1) is 5.41 Å². The fraction of sp³-hybridized carbons (Fsp3) is 0.303. The number of amides is 1. The van der Waals surface area contributed by atoms with Crippen molar-refractivity contribution < 1.29 is 28.8 Å². The van der Waals surface area contributed by atoms with E-state index in [1.165, 1.54) is 3.57 Å². The average molecular weight is 668 g/mol. The van der Waals surface area contributed by atoms with Crippen molar-refractivity contribution >= 4 is 28.7 Å². The van der Waals surface area contributed by atoms with Gasteiger partial charge >= 0.3 is 6.09 Å². The number of carbonyl (C=O) groups is 1. The van der Waals surface area contributed by atoms with Crippen molar-refractivity contribution in [3.63, 3.8) is 0 Å². The molecule has 7 nitrogen and oxygen atoms in total. The van der Waals surface area contributed by atoms with Crippen LogP contribution in [0.3, 0.4) is 0 Å². The van der Waals surface area contributed by atoms with Crippen molar-refractivity contribution in [3.05, 3.63) is 112 Å². The highest BCUT2D eigenvalue weighted by Crippen LogP contribution is 2.54. The van der Waals surface area contributed by atoms with E-state index in [-0.39, 0.29) is 25.4 Å². The zero-order valence-corrected chi connectivity index (χ0v) is 25.0. The molecule has 2 atom stereocenters. The maximum atomic E-state index is 12.7. The molecule has 214 valence electrons. The average Bonchev–Trinajstić information content (AvgIpc) is 3.21. The third-order valence-electron chi connectivity index (χ3n) is 7.64. The second-order valence-electron chi connectivity index (χ2n) is 10.2. The lowest BCUT2D eigenvalue weighted by molar-refractivity contribution is 0.0969. The van der Waals surface area contributed by atoms with Gasteiger partial charge in [-0.2, -0.15) is 0 Å². The molecule has 0 radical (unpaired) electrons. The number of carbonyl (C=O) groups excluding carboxylic acids is 1. The molecule has 3 aromatic rings. The molecule has 2 aliphatic rings. The normalized spacial score (nSPS) is 19.0. The van der Waals surface area contributed by atoms with E-state index in [1.807, 2.05) is 42.5 Å². The van der Waals surface area contributed by atoms with Crippen LogP contribution in [0.4, 0.5) is 4.79 Å². The lowest BCUT2D eigenvalue weighted by Gasteiger charge is -2.31. The number of hydrogen-bond donors (Lipinski definition) is 1. The molecule has 3 aromatic carbocycles. The molecule has 0 saturated carbocycles. The summed E-state index contributed by atoms with van der Waals surface area (Å²) in [5.41, 5.74) is 3.48. The van der Waals surface area contributed by atoms with E-state index < -0.39 is 5.41 Å². The van der Waals surface area contributed by atoms with Gasteiger partial charge in [0, 0.05) is 35.3 Å². The standard InChI is InChI=1S/C33H34INO6/c1-3-19-38-32(37)35-17-16-33(4-2)29(15-18-36)41-31-28(14-9-25(20-35)30(31)33)40-22-24-7-12-27(13-8-24)39-21-23-5-10-26(34)11-6-23/h3-14,29,36H,1-2,15-22H2/t29-,33-/m0/s1. The molecule has 0 saturated heterocycles. The Hall–Kier alpha value is -3.50. The highest BCUT2D eigenvalue weighted by Gasteiger charge is 2.50. The Morgan fingerprint density at radius 1 is 1.05 bits per heavy atom. The van der Waals surface area contributed by atoms with Crippen LogP contribution in [0.15, 0.2) is 86.0 Å². The molecule has 0 aromatic heterocycles.